The van der Waals surface area contributed by atoms with Crippen molar-refractivity contribution in [2.75, 3.05) is 27.2 Å². The Bertz CT molecular complexity index is 735. The van der Waals surface area contributed by atoms with E-state index in [-0.39, 0.29) is 6.42 Å². The molecule has 0 spiro atoms. The largest absolute Gasteiger partial charge is 0.416 e. The SMILES string of the molecule is CN(C)CCOC(Cc1ccc(C(F)(F)F)cc1)c1ccc(C(F)(F)F)cc1. The molecule has 0 saturated heterocycles. The summed E-state index contributed by atoms with van der Waals surface area (Å²) in [5.74, 6) is 0. The molecule has 1 atom stereocenters. The van der Waals surface area contributed by atoms with Gasteiger partial charge in [-0.2, -0.15) is 26.3 Å². The Morgan fingerprint density at radius 1 is 0.786 bits per heavy atom. The highest BCUT2D eigenvalue weighted by Crippen LogP contribution is 2.32. The Morgan fingerprint density at radius 2 is 1.25 bits per heavy atom. The minimum atomic E-state index is -4.44. The van der Waals surface area contributed by atoms with Gasteiger partial charge in [0.2, 0.25) is 0 Å². The van der Waals surface area contributed by atoms with E-state index < -0.39 is 29.6 Å². The zero-order valence-electron chi connectivity index (χ0n) is 15.4. The molecule has 0 bridgehead atoms. The third kappa shape index (κ3) is 6.53. The normalized spacial score (nSPS) is 13.8. The van der Waals surface area contributed by atoms with E-state index in [0.717, 1.165) is 24.3 Å². The summed E-state index contributed by atoms with van der Waals surface area (Å²) in [6, 6.07) is 9.32. The molecule has 0 aliphatic rings. The van der Waals surface area contributed by atoms with Gasteiger partial charge < -0.3 is 9.64 Å². The van der Waals surface area contributed by atoms with E-state index in [0.29, 0.717) is 24.3 Å². The summed E-state index contributed by atoms with van der Waals surface area (Å²) in [5.41, 5.74) is -0.386. The lowest BCUT2D eigenvalue weighted by Crippen LogP contribution is -2.20. The molecule has 0 aromatic heterocycles. The van der Waals surface area contributed by atoms with Gasteiger partial charge in [-0.15, -0.1) is 0 Å². The van der Waals surface area contributed by atoms with Crippen LogP contribution in [0.4, 0.5) is 26.3 Å². The number of hydrogen-bond donors (Lipinski definition) is 0. The molecule has 0 amide bonds. The van der Waals surface area contributed by atoms with Crippen LogP contribution in [0.3, 0.4) is 0 Å². The molecule has 0 radical (unpaired) electrons. The van der Waals surface area contributed by atoms with E-state index in [2.05, 4.69) is 0 Å². The molecule has 0 aliphatic carbocycles. The molecular weight excluding hydrogens is 384 g/mol. The van der Waals surface area contributed by atoms with Crippen molar-refractivity contribution in [3.63, 3.8) is 0 Å². The Hall–Kier alpha value is -2.06. The number of rotatable bonds is 7. The topological polar surface area (TPSA) is 12.5 Å². The molecule has 0 fully saturated rings. The second-order valence-corrected chi connectivity index (χ2v) is 6.68. The number of ether oxygens (including phenoxy) is 1. The summed E-state index contributed by atoms with van der Waals surface area (Å²) in [6.45, 7) is 0.934. The molecule has 0 aliphatic heterocycles. The first kappa shape index (κ1) is 22.2. The standard InChI is InChI=1S/C20H21F6NO/c1-27(2)11-12-28-18(15-5-9-17(10-6-15)20(24,25)26)13-14-3-7-16(8-4-14)19(21,22)23/h3-10,18H,11-13H2,1-2H3. The second-order valence-electron chi connectivity index (χ2n) is 6.68. The highest BCUT2D eigenvalue weighted by Gasteiger charge is 2.31. The fraction of sp³-hybridized carbons (Fsp3) is 0.400. The van der Waals surface area contributed by atoms with E-state index in [1.807, 2.05) is 19.0 Å². The number of hydrogen-bond acceptors (Lipinski definition) is 2. The average molecular weight is 405 g/mol. The molecule has 154 valence electrons. The van der Waals surface area contributed by atoms with E-state index in [1.54, 1.807) is 0 Å². The van der Waals surface area contributed by atoms with Crippen molar-refractivity contribution in [1.82, 2.24) is 4.90 Å². The number of likely N-dealkylation sites (N-methyl/N-ethyl adjacent to an activating group) is 1. The molecule has 2 nitrogen and oxygen atoms in total. The number of benzene rings is 2. The quantitative estimate of drug-likeness (QED) is 0.557. The fourth-order valence-corrected chi connectivity index (χ4v) is 2.58. The lowest BCUT2D eigenvalue weighted by molar-refractivity contribution is -0.138. The highest BCUT2D eigenvalue weighted by atomic mass is 19.4. The molecular formula is C20H21F6NO. The van der Waals surface area contributed by atoms with E-state index in [9.17, 15) is 26.3 Å². The van der Waals surface area contributed by atoms with Gasteiger partial charge in [0.05, 0.1) is 23.8 Å². The molecule has 2 aromatic carbocycles. The van der Waals surface area contributed by atoms with Crippen LogP contribution in [0, 0.1) is 0 Å². The van der Waals surface area contributed by atoms with Crippen LogP contribution in [-0.2, 0) is 23.5 Å². The Kier molecular flexibility index (Phi) is 7.11. The van der Waals surface area contributed by atoms with Gasteiger partial charge in [-0.05, 0) is 49.5 Å². The molecule has 8 heteroatoms. The summed E-state index contributed by atoms with van der Waals surface area (Å²) >= 11 is 0. The van der Waals surface area contributed by atoms with Crippen molar-refractivity contribution in [2.45, 2.75) is 24.9 Å². The van der Waals surface area contributed by atoms with E-state index in [4.69, 9.17) is 4.74 Å². The zero-order chi connectivity index (χ0) is 20.9. The van der Waals surface area contributed by atoms with Crippen LogP contribution in [0.5, 0.6) is 0 Å². The summed E-state index contributed by atoms with van der Waals surface area (Å²) in [6.07, 6.45) is -9.18. The molecule has 2 rings (SSSR count). The summed E-state index contributed by atoms with van der Waals surface area (Å²) in [4.78, 5) is 1.89. The van der Waals surface area contributed by atoms with Gasteiger partial charge in [0.15, 0.2) is 0 Å². The van der Waals surface area contributed by atoms with Gasteiger partial charge in [-0.25, -0.2) is 0 Å². The van der Waals surface area contributed by atoms with Crippen LogP contribution in [-0.4, -0.2) is 32.1 Å². The lowest BCUT2D eigenvalue weighted by atomic mass is 9.99. The molecule has 0 heterocycles. The minimum absolute atomic E-state index is 0.247. The van der Waals surface area contributed by atoms with Crippen molar-refractivity contribution in [3.8, 4) is 0 Å². The number of alkyl halides is 6. The molecule has 2 aromatic rings. The highest BCUT2D eigenvalue weighted by molar-refractivity contribution is 5.29. The maximum absolute atomic E-state index is 12.8. The summed E-state index contributed by atoms with van der Waals surface area (Å²) < 4.78 is 82.2. The van der Waals surface area contributed by atoms with Crippen LogP contribution < -0.4 is 0 Å². The van der Waals surface area contributed by atoms with E-state index in [1.165, 1.54) is 24.3 Å². The van der Waals surface area contributed by atoms with Gasteiger partial charge in [-0.1, -0.05) is 24.3 Å². The van der Waals surface area contributed by atoms with Gasteiger partial charge in [0, 0.05) is 13.0 Å². The van der Waals surface area contributed by atoms with Crippen LogP contribution in [0.1, 0.15) is 28.4 Å². The Balaban J connectivity index is 2.19. The Labute approximate surface area is 159 Å². The lowest BCUT2D eigenvalue weighted by Gasteiger charge is -2.21. The Morgan fingerprint density at radius 3 is 1.68 bits per heavy atom. The third-order valence-corrected chi connectivity index (χ3v) is 4.17. The smallest absolute Gasteiger partial charge is 0.372 e. The van der Waals surface area contributed by atoms with E-state index >= 15 is 0 Å². The van der Waals surface area contributed by atoms with Crippen LogP contribution >= 0.6 is 0 Å². The van der Waals surface area contributed by atoms with Gasteiger partial charge in [0.25, 0.3) is 0 Å². The molecule has 1 unspecified atom stereocenters. The van der Waals surface area contributed by atoms with Crippen LogP contribution in [0.15, 0.2) is 48.5 Å². The predicted molar refractivity (Wildman–Crippen MR) is 93.8 cm³/mol. The number of nitrogens with zero attached hydrogens (tertiary/aromatic N) is 1. The predicted octanol–water partition coefficient (Wildman–Crippen LogP) is 5.59. The third-order valence-electron chi connectivity index (χ3n) is 4.17. The maximum atomic E-state index is 12.8. The zero-order valence-corrected chi connectivity index (χ0v) is 15.4. The first-order chi connectivity index (χ1) is 13.0. The van der Waals surface area contributed by atoms with Crippen LogP contribution in [0.25, 0.3) is 0 Å². The molecule has 0 saturated carbocycles. The summed E-state index contributed by atoms with van der Waals surface area (Å²) in [5, 5.41) is 0. The van der Waals surface area contributed by atoms with Crippen molar-refractivity contribution < 1.29 is 31.1 Å². The molecule has 28 heavy (non-hydrogen) atoms. The van der Waals surface area contributed by atoms with Crippen molar-refractivity contribution >= 4 is 0 Å². The fourth-order valence-electron chi connectivity index (χ4n) is 2.58. The van der Waals surface area contributed by atoms with Gasteiger partial charge in [-0.3, -0.25) is 0 Å². The summed E-state index contributed by atoms with van der Waals surface area (Å²) in [7, 11) is 3.71. The maximum Gasteiger partial charge on any atom is 0.416 e. The number of halogens is 6. The van der Waals surface area contributed by atoms with Crippen molar-refractivity contribution in [2.24, 2.45) is 0 Å². The second kappa shape index (κ2) is 8.96. The molecule has 0 N–H and O–H groups in total. The van der Waals surface area contributed by atoms with Crippen molar-refractivity contribution in [1.29, 1.82) is 0 Å². The first-order valence-corrected chi connectivity index (χ1v) is 8.56. The van der Waals surface area contributed by atoms with Crippen LogP contribution in [0.2, 0.25) is 0 Å². The van der Waals surface area contributed by atoms with Gasteiger partial charge in [0.1, 0.15) is 0 Å². The monoisotopic (exact) mass is 405 g/mol. The minimum Gasteiger partial charge on any atom is -0.372 e. The van der Waals surface area contributed by atoms with Gasteiger partial charge >= 0.3 is 12.4 Å². The first-order valence-electron chi connectivity index (χ1n) is 8.56. The van der Waals surface area contributed by atoms with Crippen molar-refractivity contribution in [3.05, 3.63) is 70.8 Å². The average Bonchev–Trinajstić information content (AvgIpc) is 2.59.